The topological polar surface area (TPSA) is 29.5 Å². The Morgan fingerprint density at radius 1 is 1.00 bits per heavy atom. The molecule has 0 aromatic heterocycles. The minimum Gasteiger partial charge on any atom is -0.508 e. The molecule has 0 fully saturated rings. The summed E-state index contributed by atoms with van der Waals surface area (Å²) in [5, 5.41) is 9.25. The van der Waals surface area contributed by atoms with Gasteiger partial charge in [-0.2, -0.15) is 0 Å². The van der Waals surface area contributed by atoms with Gasteiger partial charge >= 0.3 is 0 Å². The van der Waals surface area contributed by atoms with Gasteiger partial charge in [-0.05, 0) is 23.8 Å². The maximum atomic E-state index is 9.25. The Kier molecular flexibility index (Phi) is 3.81. The molecule has 1 N–H and O–H groups in total. The van der Waals surface area contributed by atoms with E-state index in [0.29, 0.717) is 12.4 Å². The van der Waals surface area contributed by atoms with Crippen LogP contribution in [0.25, 0.3) is 6.08 Å². The Morgan fingerprint density at radius 2 is 1.82 bits per heavy atom. The summed E-state index contributed by atoms with van der Waals surface area (Å²) in [5.41, 5.74) is 1.15. The lowest BCUT2D eigenvalue weighted by molar-refractivity contribution is 0.360. The summed E-state index contributed by atoms with van der Waals surface area (Å²) in [5.74, 6) is 0.886. The molecular formula is C15H14O2. The first-order chi connectivity index (χ1) is 8.34. The molecule has 0 bridgehead atoms. The number of hydrogen-bond acceptors (Lipinski definition) is 2. The van der Waals surface area contributed by atoms with E-state index >= 15 is 0 Å². The van der Waals surface area contributed by atoms with Gasteiger partial charge in [-0.15, -0.1) is 0 Å². The van der Waals surface area contributed by atoms with Gasteiger partial charge < -0.3 is 9.84 Å². The van der Waals surface area contributed by atoms with Crippen LogP contribution in [-0.2, 0) is 0 Å². The Balaban J connectivity index is 1.86. The molecule has 0 aliphatic heterocycles. The summed E-state index contributed by atoms with van der Waals surface area (Å²) in [4.78, 5) is 0. The van der Waals surface area contributed by atoms with Crippen LogP contribution < -0.4 is 4.74 Å². The Hall–Kier alpha value is -2.22. The molecule has 0 saturated heterocycles. The van der Waals surface area contributed by atoms with Crippen LogP contribution in [0, 0.1) is 0 Å². The zero-order chi connectivity index (χ0) is 11.9. The lowest BCUT2D eigenvalue weighted by Crippen LogP contribution is -1.92. The lowest BCUT2D eigenvalue weighted by atomic mass is 10.2. The molecule has 2 aromatic rings. The lowest BCUT2D eigenvalue weighted by Gasteiger charge is -2.02. The van der Waals surface area contributed by atoms with Crippen molar-refractivity contribution in [1.29, 1.82) is 0 Å². The first kappa shape index (κ1) is 11.3. The average molecular weight is 226 g/mol. The summed E-state index contributed by atoms with van der Waals surface area (Å²) in [6.07, 6.45) is 3.95. The molecule has 0 radical (unpaired) electrons. The van der Waals surface area contributed by atoms with Crippen molar-refractivity contribution in [3.05, 3.63) is 66.2 Å². The summed E-state index contributed by atoms with van der Waals surface area (Å²) >= 11 is 0. The van der Waals surface area contributed by atoms with Crippen molar-refractivity contribution in [1.82, 2.24) is 0 Å². The van der Waals surface area contributed by atoms with E-state index in [9.17, 15) is 5.11 Å². The standard InChI is InChI=1S/C15H14O2/c16-14-9-4-10-15(12-14)17-11-5-8-13-6-2-1-3-7-13/h1-10,12,16H,11H2. The highest BCUT2D eigenvalue weighted by molar-refractivity contribution is 5.48. The van der Waals surface area contributed by atoms with Crippen LogP contribution in [0.2, 0.25) is 0 Å². The first-order valence-corrected chi connectivity index (χ1v) is 5.48. The molecule has 2 nitrogen and oxygen atoms in total. The van der Waals surface area contributed by atoms with Crippen molar-refractivity contribution >= 4 is 6.08 Å². The van der Waals surface area contributed by atoms with E-state index in [4.69, 9.17) is 4.74 Å². The predicted octanol–water partition coefficient (Wildman–Crippen LogP) is 3.48. The number of rotatable bonds is 4. The monoisotopic (exact) mass is 226 g/mol. The largest absolute Gasteiger partial charge is 0.508 e. The molecule has 2 aromatic carbocycles. The molecule has 0 heterocycles. The van der Waals surface area contributed by atoms with Gasteiger partial charge in [-0.1, -0.05) is 42.5 Å². The van der Waals surface area contributed by atoms with Crippen molar-refractivity contribution in [2.75, 3.05) is 6.61 Å². The van der Waals surface area contributed by atoms with Crippen molar-refractivity contribution in [3.8, 4) is 11.5 Å². The number of aromatic hydroxyl groups is 1. The highest BCUT2D eigenvalue weighted by Gasteiger charge is 1.92. The van der Waals surface area contributed by atoms with E-state index < -0.39 is 0 Å². The van der Waals surface area contributed by atoms with Crippen LogP contribution in [0.1, 0.15) is 5.56 Å². The second kappa shape index (κ2) is 5.75. The van der Waals surface area contributed by atoms with Gasteiger partial charge in [0.25, 0.3) is 0 Å². The van der Waals surface area contributed by atoms with E-state index in [1.807, 2.05) is 48.6 Å². The zero-order valence-corrected chi connectivity index (χ0v) is 9.41. The molecule has 0 unspecified atom stereocenters. The van der Waals surface area contributed by atoms with Crippen LogP contribution in [-0.4, -0.2) is 11.7 Å². The summed E-state index contributed by atoms with van der Waals surface area (Å²) in [7, 11) is 0. The Morgan fingerprint density at radius 3 is 2.59 bits per heavy atom. The third-order valence-corrected chi connectivity index (χ3v) is 2.27. The van der Waals surface area contributed by atoms with E-state index in [-0.39, 0.29) is 5.75 Å². The number of ether oxygens (including phenoxy) is 1. The van der Waals surface area contributed by atoms with Crippen LogP contribution in [0.5, 0.6) is 11.5 Å². The molecule has 0 amide bonds. The molecular weight excluding hydrogens is 212 g/mol. The second-order valence-corrected chi connectivity index (χ2v) is 3.62. The van der Waals surface area contributed by atoms with E-state index in [1.54, 1.807) is 18.2 Å². The first-order valence-electron chi connectivity index (χ1n) is 5.48. The molecule has 2 rings (SSSR count). The minimum absolute atomic E-state index is 0.217. The second-order valence-electron chi connectivity index (χ2n) is 3.62. The molecule has 2 heteroatoms. The van der Waals surface area contributed by atoms with Gasteiger partial charge in [0.2, 0.25) is 0 Å². The van der Waals surface area contributed by atoms with Gasteiger partial charge in [-0.3, -0.25) is 0 Å². The van der Waals surface area contributed by atoms with Crippen molar-refractivity contribution in [2.24, 2.45) is 0 Å². The average Bonchev–Trinajstić information content (AvgIpc) is 2.36. The Bertz CT molecular complexity index is 489. The van der Waals surface area contributed by atoms with Gasteiger partial charge in [0.15, 0.2) is 0 Å². The zero-order valence-electron chi connectivity index (χ0n) is 9.41. The summed E-state index contributed by atoms with van der Waals surface area (Å²) in [6, 6.07) is 16.8. The van der Waals surface area contributed by atoms with Crippen LogP contribution in [0.4, 0.5) is 0 Å². The highest BCUT2D eigenvalue weighted by atomic mass is 16.5. The minimum atomic E-state index is 0.217. The molecule has 0 aliphatic carbocycles. The molecule has 0 aliphatic rings. The smallest absolute Gasteiger partial charge is 0.123 e. The van der Waals surface area contributed by atoms with Crippen molar-refractivity contribution in [3.63, 3.8) is 0 Å². The normalized spacial score (nSPS) is 10.6. The fourth-order valence-electron chi connectivity index (χ4n) is 1.47. The maximum Gasteiger partial charge on any atom is 0.123 e. The molecule has 0 saturated carbocycles. The Labute approximate surface area is 101 Å². The van der Waals surface area contributed by atoms with E-state index in [1.165, 1.54) is 0 Å². The SMILES string of the molecule is Oc1cccc(OCC=Cc2ccccc2)c1. The molecule has 86 valence electrons. The molecule has 17 heavy (non-hydrogen) atoms. The summed E-state index contributed by atoms with van der Waals surface area (Å²) in [6.45, 7) is 0.484. The van der Waals surface area contributed by atoms with E-state index in [2.05, 4.69) is 0 Å². The van der Waals surface area contributed by atoms with Crippen LogP contribution in [0.15, 0.2) is 60.7 Å². The number of phenols is 1. The fourth-order valence-corrected chi connectivity index (χ4v) is 1.47. The van der Waals surface area contributed by atoms with Gasteiger partial charge in [0.05, 0.1) is 0 Å². The number of phenolic OH excluding ortho intramolecular Hbond substituents is 1. The maximum absolute atomic E-state index is 9.25. The number of hydrogen-bond donors (Lipinski definition) is 1. The van der Waals surface area contributed by atoms with E-state index in [0.717, 1.165) is 5.56 Å². The molecule has 0 spiro atoms. The van der Waals surface area contributed by atoms with Gasteiger partial charge in [-0.25, -0.2) is 0 Å². The predicted molar refractivity (Wildman–Crippen MR) is 69.1 cm³/mol. The van der Waals surface area contributed by atoms with Gasteiger partial charge in [0, 0.05) is 6.07 Å². The summed E-state index contributed by atoms with van der Waals surface area (Å²) < 4.78 is 5.46. The van der Waals surface area contributed by atoms with Crippen LogP contribution >= 0.6 is 0 Å². The molecule has 0 atom stereocenters. The quantitative estimate of drug-likeness (QED) is 0.864. The van der Waals surface area contributed by atoms with Crippen LogP contribution in [0.3, 0.4) is 0 Å². The third-order valence-electron chi connectivity index (χ3n) is 2.27. The third kappa shape index (κ3) is 3.68. The number of benzene rings is 2. The van der Waals surface area contributed by atoms with Crippen molar-refractivity contribution < 1.29 is 9.84 Å². The highest BCUT2D eigenvalue weighted by Crippen LogP contribution is 2.17. The van der Waals surface area contributed by atoms with Gasteiger partial charge in [0.1, 0.15) is 18.1 Å². The van der Waals surface area contributed by atoms with Crippen molar-refractivity contribution in [2.45, 2.75) is 0 Å². The fraction of sp³-hybridized carbons (Fsp3) is 0.0667.